The average Bonchev–Trinajstić information content (AvgIpc) is 2.65. The highest BCUT2D eigenvalue weighted by Gasteiger charge is 2.23. The SMILES string of the molecule is COc1cc(C)ccc1OCC1CN(Cc2cccc(F)c2F)CCO1. The van der Waals surface area contributed by atoms with Crippen molar-refractivity contribution in [3.05, 3.63) is 59.2 Å². The highest BCUT2D eigenvalue weighted by molar-refractivity contribution is 5.42. The molecule has 0 radical (unpaired) electrons. The van der Waals surface area contributed by atoms with Gasteiger partial charge in [0.05, 0.1) is 13.7 Å². The van der Waals surface area contributed by atoms with E-state index in [0.29, 0.717) is 49.9 Å². The molecule has 0 N–H and O–H groups in total. The zero-order valence-electron chi connectivity index (χ0n) is 15.0. The van der Waals surface area contributed by atoms with Crippen LogP contribution in [0.2, 0.25) is 0 Å². The summed E-state index contributed by atoms with van der Waals surface area (Å²) in [6.07, 6.45) is -0.147. The van der Waals surface area contributed by atoms with Gasteiger partial charge >= 0.3 is 0 Å². The number of benzene rings is 2. The summed E-state index contributed by atoms with van der Waals surface area (Å²) in [6.45, 7) is 4.47. The van der Waals surface area contributed by atoms with Crippen molar-refractivity contribution in [3.8, 4) is 11.5 Å². The molecule has 0 aliphatic carbocycles. The Morgan fingerprint density at radius 3 is 2.85 bits per heavy atom. The minimum absolute atomic E-state index is 0.147. The van der Waals surface area contributed by atoms with Gasteiger partial charge in [0.25, 0.3) is 0 Å². The quantitative estimate of drug-likeness (QED) is 0.785. The predicted molar refractivity (Wildman–Crippen MR) is 94.6 cm³/mol. The maximum atomic E-state index is 13.9. The average molecular weight is 363 g/mol. The lowest BCUT2D eigenvalue weighted by atomic mass is 10.1. The second-order valence-corrected chi connectivity index (χ2v) is 6.41. The Kier molecular flexibility index (Phi) is 6.06. The number of morpholine rings is 1. The van der Waals surface area contributed by atoms with E-state index in [1.807, 2.05) is 30.0 Å². The topological polar surface area (TPSA) is 30.9 Å². The molecular formula is C20H23F2NO3. The van der Waals surface area contributed by atoms with Gasteiger partial charge in [-0.25, -0.2) is 8.78 Å². The van der Waals surface area contributed by atoms with Crippen molar-refractivity contribution < 1.29 is 23.0 Å². The summed E-state index contributed by atoms with van der Waals surface area (Å²) >= 11 is 0. The number of hydrogen-bond donors (Lipinski definition) is 0. The van der Waals surface area contributed by atoms with Crippen LogP contribution in [-0.2, 0) is 11.3 Å². The Hall–Kier alpha value is -2.18. The van der Waals surface area contributed by atoms with Gasteiger partial charge in [-0.3, -0.25) is 4.90 Å². The molecule has 0 aromatic heterocycles. The minimum atomic E-state index is -0.817. The van der Waals surface area contributed by atoms with E-state index in [1.54, 1.807) is 13.2 Å². The molecule has 0 spiro atoms. The molecular weight excluding hydrogens is 340 g/mol. The highest BCUT2D eigenvalue weighted by Crippen LogP contribution is 2.28. The lowest BCUT2D eigenvalue weighted by Gasteiger charge is -2.33. The molecule has 26 heavy (non-hydrogen) atoms. The first-order chi connectivity index (χ1) is 12.6. The van der Waals surface area contributed by atoms with E-state index in [1.165, 1.54) is 6.07 Å². The molecule has 1 fully saturated rings. The molecule has 4 nitrogen and oxygen atoms in total. The summed E-state index contributed by atoms with van der Waals surface area (Å²) < 4.78 is 44.2. The number of nitrogens with zero attached hydrogens (tertiary/aromatic N) is 1. The third-order valence-electron chi connectivity index (χ3n) is 4.39. The van der Waals surface area contributed by atoms with Gasteiger partial charge in [0, 0.05) is 25.2 Å². The first-order valence-electron chi connectivity index (χ1n) is 8.61. The van der Waals surface area contributed by atoms with E-state index < -0.39 is 11.6 Å². The summed E-state index contributed by atoms with van der Waals surface area (Å²) in [5.74, 6) is -0.257. The fraction of sp³-hybridized carbons (Fsp3) is 0.400. The third kappa shape index (κ3) is 4.51. The molecule has 6 heteroatoms. The molecule has 2 aromatic carbocycles. The van der Waals surface area contributed by atoms with Crippen LogP contribution in [0.4, 0.5) is 8.78 Å². The monoisotopic (exact) mass is 363 g/mol. The number of methoxy groups -OCH3 is 1. The maximum Gasteiger partial charge on any atom is 0.163 e. The molecule has 1 saturated heterocycles. The van der Waals surface area contributed by atoms with Crippen molar-refractivity contribution in [2.45, 2.75) is 19.6 Å². The Bertz CT molecular complexity index is 754. The Balaban J connectivity index is 1.58. The largest absolute Gasteiger partial charge is 0.493 e. The summed E-state index contributed by atoms with van der Waals surface area (Å²) in [7, 11) is 1.61. The molecule has 0 amide bonds. The molecule has 2 aromatic rings. The summed E-state index contributed by atoms with van der Waals surface area (Å²) in [5, 5.41) is 0. The van der Waals surface area contributed by atoms with Crippen molar-refractivity contribution in [3.63, 3.8) is 0 Å². The third-order valence-corrected chi connectivity index (χ3v) is 4.39. The van der Waals surface area contributed by atoms with Gasteiger partial charge in [-0.2, -0.15) is 0 Å². The van der Waals surface area contributed by atoms with Gasteiger partial charge in [-0.05, 0) is 30.7 Å². The van der Waals surface area contributed by atoms with Gasteiger partial charge in [-0.15, -0.1) is 0 Å². The van der Waals surface area contributed by atoms with Crippen LogP contribution in [0.1, 0.15) is 11.1 Å². The lowest BCUT2D eigenvalue weighted by Crippen LogP contribution is -2.44. The van der Waals surface area contributed by atoms with Gasteiger partial charge in [-0.1, -0.05) is 18.2 Å². The van der Waals surface area contributed by atoms with E-state index in [9.17, 15) is 8.78 Å². The minimum Gasteiger partial charge on any atom is -0.493 e. The van der Waals surface area contributed by atoms with Crippen molar-refractivity contribution in [1.29, 1.82) is 0 Å². The van der Waals surface area contributed by atoms with Crippen LogP contribution >= 0.6 is 0 Å². The fourth-order valence-electron chi connectivity index (χ4n) is 3.01. The normalized spacial score (nSPS) is 17.9. The van der Waals surface area contributed by atoms with Crippen molar-refractivity contribution in [1.82, 2.24) is 4.90 Å². The number of rotatable bonds is 6. The zero-order valence-corrected chi connectivity index (χ0v) is 15.0. The second-order valence-electron chi connectivity index (χ2n) is 6.41. The molecule has 1 heterocycles. The first kappa shape index (κ1) is 18.6. The molecule has 1 atom stereocenters. The van der Waals surface area contributed by atoms with Crippen LogP contribution in [0.25, 0.3) is 0 Å². The number of halogens is 2. The van der Waals surface area contributed by atoms with Crippen LogP contribution in [-0.4, -0.2) is 44.4 Å². The van der Waals surface area contributed by atoms with Gasteiger partial charge in [0.15, 0.2) is 23.1 Å². The molecule has 140 valence electrons. The van der Waals surface area contributed by atoms with Crippen LogP contribution < -0.4 is 9.47 Å². The van der Waals surface area contributed by atoms with Crippen molar-refractivity contribution in [2.24, 2.45) is 0 Å². The first-order valence-corrected chi connectivity index (χ1v) is 8.61. The van der Waals surface area contributed by atoms with Gasteiger partial charge in [0.2, 0.25) is 0 Å². The molecule has 1 aliphatic heterocycles. The van der Waals surface area contributed by atoms with E-state index in [-0.39, 0.29) is 6.10 Å². The summed E-state index contributed by atoms with van der Waals surface area (Å²) in [4.78, 5) is 2.04. The smallest absolute Gasteiger partial charge is 0.163 e. The van der Waals surface area contributed by atoms with Crippen LogP contribution in [0.15, 0.2) is 36.4 Å². The fourth-order valence-corrected chi connectivity index (χ4v) is 3.01. The molecule has 1 aliphatic rings. The number of hydrogen-bond acceptors (Lipinski definition) is 4. The van der Waals surface area contributed by atoms with E-state index >= 15 is 0 Å². The zero-order chi connectivity index (χ0) is 18.5. The van der Waals surface area contributed by atoms with E-state index in [0.717, 1.165) is 11.6 Å². The van der Waals surface area contributed by atoms with Crippen LogP contribution in [0.5, 0.6) is 11.5 Å². The van der Waals surface area contributed by atoms with Gasteiger partial charge < -0.3 is 14.2 Å². The Labute approximate surface area is 152 Å². The summed E-state index contributed by atoms with van der Waals surface area (Å²) in [5.41, 5.74) is 1.44. The molecule has 0 saturated carbocycles. The summed E-state index contributed by atoms with van der Waals surface area (Å²) in [6, 6.07) is 10.0. The maximum absolute atomic E-state index is 13.9. The van der Waals surface area contributed by atoms with Crippen molar-refractivity contribution >= 4 is 0 Å². The van der Waals surface area contributed by atoms with E-state index in [2.05, 4.69) is 0 Å². The molecule has 3 rings (SSSR count). The predicted octanol–water partition coefficient (Wildman–Crippen LogP) is 3.56. The standard InChI is InChI=1S/C20H23F2NO3/c1-14-6-7-18(19(10-14)24-2)26-13-16-12-23(8-9-25-16)11-15-4-3-5-17(21)20(15)22/h3-7,10,16H,8-9,11-13H2,1-2H3. The number of aryl methyl sites for hydroxylation is 1. The lowest BCUT2D eigenvalue weighted by molar-refractivity contribution is -0.0509. The van der Waals surface area contributed by atoms with E-state index in [4.69, 9.17) is 14.2 Å². The van der Waals surface area contributed by atoms with Crippen LogP contribution in [0, 0.1) is 18.6 Å². The Morgan fingerprint density at radius 1 is 1.19 bits per heavy atom. The van der Waals surface area contributed by atoms with Gasteiger partial charge in [0.1, 0.15) is 12.7 Å². The Morgan fingerprint density at radius 2 is 2.04 bits per heavy atom. The second kappa shape index (κ2) is 8.47. The molecule has 0 bridgehead atoms. The highest BCUT2D eigenvalue weighted by atomic mass is 19.2. The molecule has 1 unspecified atom stereocenters. The number of ether oxygens (including phenoxy) is 3. The van der Waals surface area contributed by atoms with Crippen molar-refractivity contribution in [2.75, 3.05) is 33.4 Å². The van der Waals surface area contributed by atoms with Crippen LogP contribution in [0.3, 0.4) is 0 Å².